The molecule has 2 heterocycles. The van der Waals surface area contributed by atoms with Gasteiger partial charge in [0.2, 0.25) is 0 Å². The minimum absolute atomic E-state index is 0.0157. The summed E-state index contributed by atoms with van der Waals surface area (Å²) in [5.41, 5.74) is -0.695. The Hall–Kier alpha value is -2.35. The lowest BCUT2D eigenvalue weighted by Gasteiger charge is -2.11. The molecule has 0 radical (unpaired) electrons. The molecule has 1 fully saturated rings. The van der Waals surface area contributed by atoms with Gasteiger partial charge in [0.15, 0.2) is 5.15 Å². The number of hydrogen-bond donors (Lipinski definition) is 2. The van der Waals surface area contributed by atoms with Gasteiger partial charge in [-0.05, 0) is 30.0 Å². The van der Waals surface area contributed by atoms with Gasteiger partial charge in [-0.25, -0.2) is 13.6 Å². The highest BCUT2D eigenvalue weighted by Gasteiger charge is 2.54. The van der Waals surface area contributed by atoms with E-state index in [1.807, 2.05) is 0 Å². The SMILES string of the molecule is C=CC(F)(F)[C@H]1C[C@@H]1c1cc(-c2c[nH]c(=O)[nH]c2=O)nnc1Cl. The van der Waals surface area contributed by atoms with E-state index in [9.17, 15) is 18.4 Å². The second-order valence-corrected chi connectivity index (χ2v) is 5.65. The van der Waals surface area contributed by atoms with Gasteiger partial charge in [-0.1, -0.05) is 18.2 Å². The molecule has 3 rings (SSSR count). The molecular formula is C14H11ClF2N4O2. The Bertz CT molecular complexity index is 893. The van der Waals surface area contributed by atoms with E-state index in [2.05, 4.69) is 26.7 Å². The quantitative estimate of drug-likeness (QED) is 0.834. The molecule has 1 aliphatic rings. The van der Waals surface area contributed by atoms with Crippen molar-refractivity contribution in [1.29, 1.82) is 0 Å². The highest BCUT2D eigenvalue weighted by Crippen LogP contribution is 2.57. The molecule has 23 heavy (non-hydrogen) atoms. The summed E-state index contributed by atoms with van der Waals surface area (Å²) in [6, 6.07) is 1.45. The largest absolute Gasteiger partial charge is 0.325 e. The van der Waals surface area contributed by atoms with Crippen LogP contribution >= 0.6 is 11.6 Å². The molecule has 2 atom stereocenters. The van der Waals surface area contributed by atoms with Gasteiger partial charge < -0.3 is 4.98 Å². The molecule has 2 aromatic heterocycles. The molecule has 0 spiro atoms. The first-order valence-corrected chi connectivity index (χ1v) is 7.08. The fraction of sp³-hybridized carbons (Fsp3) is 0.286. The molecule has 0 bridgehead atoms. The molecular weight excluding hydrogens is 330 g/mol. The monoisotopic (exact) mass is 340 g/mol. The summed E-state index contributed by atoms with van der Waals surface area (Å²) in [5.74, 6) is -4.37. The highest BCUT2D eigenvalue weighted by molar-refractivity contribution is 6.30. The minimum Gasteiger partial charge on any atom is -0.313 e. The zero-order valence-electron chi connectivity index (χ0n) is 11.6. The van der Waals surface area contributed by atoms with Gasteiger partial charge in [-0.2, -0.15) is 0 Å². The molecule has 0 aromatic carbocycles. The smallest absolute Gasteiger partial charge is 0.313 e. The Morgan fingerprint density at radius 3 is 2.78 bits per heavy atom. The molecule has 120 valence electrons. The van der Waals surface area contributed by atoms with Crippen molar-refractivity contribution in [3.05, 3.63) is 56.5 Å². The molecule has 0 amide bonds. The molecule has 2 N–H and O–H groups in total. The summed E-state index contributed by atoms with van der Waals surface area (Å²) < 4.78 is 27.3. The Kier molecular flexibility index (Phi) is 3.63. The van der Waals surface area contributed by atoms with Gasteiger partial charge in [0.05, 0.1) is 5.56 Å². The number of nitrogens with zero attached hydrogens (tertiary/aromatic N) is 2. The first-order valence-electron chi connectivity index (χ1n) is 6.70. The Morgan fingerprint density at radius 1 is 1.39 bits per heavy atom. The number of halogens is 3. The Morgan fingerprint density at radius 2 is 2.13 bits per heavy atom. The maximum atomic E-state index is 13.6. The number of allylic oxidation sites excluding steroid dienone is 1. The van der Waals surface area contributed by atoms with Crippen LogP contribution in [0.1, 0.15) is 17.9 Å². The van der Waals surface area contributed by atoms with Crippen molar-refractivity contribution in [2.24, 2.45) is 5.92 Å². The van der Waals surface area contributed by atoms with E-state index in [0.29, 0.717) is 11.6 Å². The van der Waals surface area contributed by atoms with E-state index in [-0.39, 0.29) is 22.8 Å². The molecule has 2 aromatic rings. The Labute approximate surface area is 133 Å². The summed E-state index contributed by atoms with van der Waals surface area (Å²) in [6.07, 6.45) is 2.05. The van der Waals surface area contributed by atoms with Crippen molar-refractivity contribution in [1.82, 2.24) is 20.2 Å². The summed E-state index contributed by atoms with van der Waals surface area (Å²) in [4.78, 5) is 27.2. The first kappa shape index (κ1) is 15.5. The van der Waals surface area contributed by atoms with Crippen LogP contribution in [-0.2, 0) is 0 Å². The van der Waals surface area contributed by atoms with Gasteiger partial charge in [-0.3, -0.25) is 9.78 Å². The van der Waals surface area contributed by atoms with Gasteiger partial charge in [0, 0.05) is 12.1 Å². The molecule has 9 heteroatoms. The third kappa shape index (κ3) is 2.81. The number of nitrogens with one attached hydrogen (secondary N) is 2. The van der Waals surface area contributed by atoms with Crippen LogP contribution in [0.4, 0.5) is 8.78 Å². The lowest BCUT2D eigenvalue weighted by atomic mass is 10.1. The van der Waals surface area contributed by atoms with Crippen LogP contribution in [0.25, 0.3) is 11.3 Å². The molecule has 1 aliphatic carbocycles. The van der Waals surface area contributed by atoms with Crippen molar-refractivity contribution < 1.29 is 8.78 Å². The number of H-pyrrole nitrogens is 2. The van der Waals surface area contributed by atoms with E-state index in [0.717, 1.165) is 0 Å². The standard InChI is InChI=1S/C14H11ClF2N4O2/c1-2-14(16,17)9-3-6(9)7-4-10(20-21-11(7)15)8-5-18-13(23)19-12(8)22/h2,4-6,9H,1,3H2,(H2,18,19,22,23)/t6-,9+/m1/s1. The maximum Gasteiger partial charge on any atom is 0.325 e. The summed E-state index contributed by atoms with van der Waals surface area (Å²) in [7, 11) is 0. The third-order valence-electron chi connectivity index (χ3n) is 3.83. The highest BCUT2D eigenvalue weighted by atomic mass is 35.5. The minimum atomic E-state index is -2.99. The lowest BCUT2D eigenvalue weighted by Crippen LogP contribution is -2.23. The number of aromatic nitrogens is 4. The summed E-state index contributed by atoms with van der Waals surface area (Å²) in [5, 5.41) is 7.52. The zero-order chi connectivity index (χ0) is 16.8. The average molecular weight is 341 g/mol. The molecule has 0 unspecified atom stereocenters. The van der Waals surface area contributed by atoms with E-state index in [4.69, 9.17) is 11.6 Å². The van der Waals surface area contributed by atoms with Crippen molar-refractivity contribution in [3.63, 3.8) is 0 Å². The van der Waals surface area contributed by atoms with Gasteiger partial charge in [0.25, 0.3) is 11.5 Å². The Balaban J connectivity index is 2.00. The van der Waals surface area contributed by atoms with Gasteiger partial charge in [0.1, 0.15) is 5.69 Å². The average Bonchev–Trinajstić information content (AvgIpc) is 3.29. The fourth-order valence-electron chi connectivity index (χ4n) is 2.50. The summed E-state index contributed by atoms with van der Waals surface area (Å²) in [6.45, 7) is 3.14. The fourth-order valence-corrected chi connectivity index (χ4v) is 2.73. The van der Waals surface area contributed by atoms with Gasteiger partial charge in [-0.15, -0.1) is 10.2 Å². The van der Waals surface area contributed by atoms with Crippen molar-refractivity contribution in [2.75, 3.05) is 0 Å². The number of hydrogen-bond acceptors (Lipinski definition) is 4. The van der Waals surface area contributed by atoms with Crippen LogP contribution in [0.2, 0.25) is 5.15 Å². The number of rotatable bonds is 4. The van der Waals surface area contributed by atoms with Crippen LogP contribution < -0.4 is 11.2 Å². The van der Waals surface area contributed by atoms with Crippen molar-refractivity contribution in [3.8, 4) is 11.3 Å². The maximum absolute atomic E-state index is 13.6. The second-order valence-electron chi connectivity index (χ2n) is 5.29. The predicted octanol–water partition coefficient (Wildman–Crippen LogP) is 2.10. The van der Waals surface area contributed by atoms with Crippen LogP contribution in [-0.4, -0.2) is 26.1 Å². The van der Waals surface area contributed by atoms with E-state index < -0.39 is 29.0 Å². The third-order valence-corrected chi connectivity index (χ3v) is 4.12. The van der Waals surface area contributed by atoms with E-state index in [1.165, 1.54) is 12.3 Å². The number of aromatic amines is 2. The van der Waals surface area contributed by atoms with Crippen LogP contribution in [0.15, 0.2) is 34.5 Å². The van der Waals surface area contributed by atoms with E-state index >= 15 is 0 Å². The molecule has 0 aliphatic heterocycles. The second kappa shape index (κ2) is 5.38. The zero-order valence-corrected chi connectivity index (χ0v) is 12.4. The number of alkyl halides is 2. The summed E-state index contributed by atoms with van der Waals surface area (Å²) >= 11 is 5.95. The molecule has 1 saturated carbocycles. The van der Waals surface area contributed by atoms with Gasteiger partial charge >= 0.3 is 5.69 Å². The first-order chi connectivity index (χ1) is 10.8. The predicted molar refractivity (Wildman–Crippen MR) is 79.7 cm³/mol. The van der Waals surface area contributed by atoms with Crippen molar-refractivity contribution >= 4 is 11.6 Å². The topological polar surface area (TPSA) is 91.5 Å². The molecule has 6 nitrogen and oxygen atoms in total. The van der Waals surface area contributed by atoms with Crippen LogP contribution in [0.5, 0.6) is 0 Å². The van der Waals surface area contributed by atoms with Crippen LogP contribution in [0.3, 0.4) is 0 Å². The van der Waals surface area contributed by atoms with Crippen molar-refractivity contribution in [2.45, 2.75) is 18.3 Å². The van der Waals surface area contributed by atoms with Crippen LogP contribution in [0, 0.1) is 5.92 Å². The van der Waals surface area contributed by atoms with E-state index in [1.54, 1.807) is 0 Å². The lowest BCUT2D eigenvalue weighted by molar-refractivity contribution is 0.0288. The molecule has 0 saturated heterocycles. The normalized spacial score (nSPS) is 20.3.